The van der Waals surface area contributed by atoms with Gasteiger partial charge in [-0.15, -0.1) is 13.2 Å². The summed E-state index contributed by atoms with van der Waals surface area (Å²) in [5.74, 6) is 3.13. The molecule has 0 saturated carbocycles. The molecule has 0 aromatic heterocycles. The second-order valence-corrected chi connectivity index (χ2v) is 8.64. The van der Waals surface area contributed by atoms with Crippen molar-refractivity contribution in [1.82, 2.24) is 9.80 Å². The third-order valence-electron chi connectivity index (χ3n) is 4.76. The molecule has 1 atom stereocenters. The number of amides is 1. The number of rotatable bonds is 8. The van der Waals surface area contributed by atoms with Crippen LogP contribution in [-0.4, -0.2) is 78.7 Å². The topological polar surface area (TPSA) is 113 Å². The van der Waals surface area contributed by atoms with E-state index in [1.807, 2.05) is 4.90 Å². The van der Waals surface area contributed by atoms with Crippen LogP contribution in [0.4, 0.5) is 22.4 Å². The number of nitrogens with zero attached hydrogens (tertiary/aromatic N) is 3. The number of nitrogens with two attached hydrogens (primary N) is 1. The first-order chi connectivity index (χ1) is 15.8. The summed E-state index contributed by atoms with van der Waals surface area (Å²) in [7, 11) is 0. The molecule has 1 amide bonds. The van der Waals surface area contributed by atoms with Gasteiger partial charge < -0.3 is 30.4 Å². The number of nitrogens with one attached hydrogen (secondary N) is 1. The molecule has 2 rings (SSSR count). The first-order valence-electron chi connectivity index (χ1n) is 10.4. The van der Waals surface area contributed by atoms with Crippen molar-refractivity contribution >= 4 is 18.0 Å². The smallest absolute Gasteiger partial charge is 0.444 e. The SMILES string of the molecule is CC(C)(C)OC(=O)N1CCN(Cc2ccc(OC(F)(F)F)c(F)c2)[C@@H](COC/C(C=N)=N/N)C1. The maximum absolute atomic E-state index is 14.1. The first kappa shape index (κ1) is 27.3. The van der Waals surface area contributed by atoms with Gasteiger partial charge in [0.05, 0.1) is 19.3 Å². The molecule has 3 N–H and O–H groups in total. The molecule has 0 unspecified atom stereocenters. The highest BCUT2D eigenvalue weighted by Gasteiger charge is 2.34. The Kier molecular flexibility index (Phi) is 9.21. The van der Waals surface area contributed by atoms with E-state index < -0.39 is 29.6 Å². The molecular formula is C21H29F4N5O4. The number of carbonyl (C=O) groups is 1. The molecule has 13 heteroatoms. The van der Waals surface area contributed by atoms with Crippen molar-refractivity contribution in [2.24, 2.45) is 10.9 Å². The van der Waals surface area contributed by atoms with Crippen molar-refractivity contribution in [3.8, 4) is 5.75 Å². The third kappa shape index (κ3) is 8.78. The Hall–Kier alpha value is -2.93. The summed E-state index contributed by atoms with van der Waals surface area (Å²) in [6.45, 7) is 6.54. The van der Waals surface area contributed by atoms with Gasteiger partial charge in [0.2, 0.25) is 0 Å². The summed E-state index contributed by atoms with van der Waals surface area (Å²) in [4.78, 5) is 16.0. The van der Waals surface area contributed by atoms with E-state index in [9.17, 15) is 22.4 Å². The average molecular weight is 491 g/mol. The fourth-order valence-electron chi connectivity index (χ4n) is 3.25. The minimum atomic E-state index is -5.00. The van der Waals surface area contributed by atoms with Crippen molar-refractivity contribution in [1.29, 1.82) is 5.41 Å². The zero-order chi connectivity index (χ0) is 25.5. The van der Waals surface area contributed by atoms with E-state index in [-0.39, 0.29) is 38.1 Å². The summed E-state index contributed by atoms with van der Waals surface area (Å²) in [5.41, 5.74) is -0.0332. The number of hydrazone groups is 1. The third-order valence-corrected chi connectivity index (χ3v) is 4.76. The van der Waals surface area contributed by atoms with Crippen LogP contribution in [-0.2, 0) is 16.0 Å². The van der Waals surface area contributed by atoms with Crippen molar-refractivity contribution in [3.05, 3.63) is 29.6 Å². The van der Waals surface area contributed by atoms with Crippen LogP contribution in [0, 0.1) is 11.2 Å². The van der Waals surface area contributed by atoms with Gasteiger partial charge in [0.1, 0.15) is 11.3 Å². The average Bonchev–Trinajstić information content (AvgIpc) is 2.72. The van der Waals surface area contributed by atoms with Gasteiger partial charge in [-0.2, -0.15) is 5.10 Å². The Morgan fingerprint density at radius 3 is 2.56 bits per heavy atom. The lowest BCUT2D eigenvalue weighted by atomic mass is 10.1. The second kappa shape index (κ2) is 11.5. The lowest BCUT2D eigenvalue weighted by molar-refractivity contribution is -0.275. The molecule has 0 radical (unpaired) electrons. The Bertz CT molecular complexity index is 889. The van der Waals surface area contributed by atoms with Crippen LogP contribution in [0.25, 0.3) is 0 Å². The molecule has 9 nitrogen and oxygen atoms in total. The van der Waals surface area contributed by atoms with E-state index in [1.165, 1.54) is 11.0 Å². The highest BCUT2D eigenvalue weighted by atomic mass is 19.4. The first-order valence-corrected chi connectivity index (χ1v) is 10.4. The predicted molar refractivity (Wildman–Crippen MR) is 116 cm³/mol. The molecular weight excluding hydrogens is 462 g/mol. The van der Waals surface area contributed by atoms with E-state index in [0.29, 0.717) is 18.7 Å². The van der Waals surface area contributed by atoms with Crippen LogP contribution in [0.5, 0.6) is 5.75 Å². The summed E-state index contributed by atoms with van der Waals surface area (Å²) < 4.78 is 66.0. The number of benzene rings is 1. The summed E-state index contributed by atoms with van der Waals surface area (Å²) in [5, 5.41) is 10.6. The minimum Gasteiger partial charge on any atom is -0.444 e. The number of hydrogen-bond donors (Lipinski definition) is 2. The maximum atomic E-state index is 14.1. The fraction of sp³-hybridized carbons (Fsp3) is 0.571. The van der Waals surface area contributed by atoms with Gasteiger partial charge in [0.15, 0.2) is 11.6 Å². The molecule has 1 heterocycles. The summed E-state index contributed by atoms with van der Waals surface area (Å²) >= 11 is 0. The molecule has 0 spiro atoms. The number of ether oxygens (including phenoxy) is 3. The van der Waals surface area contributed by atoms with Gasteiger partial charge in [-0.05, 0) is 38.5 Å². The van der Waals surface area contributed by atoms with Crippen molar-refractivity contribution in [2.45, 2.75) is 45.3 Å². The van der Waals surface area contributed by atoms with Crippen LogP contribution in [0.2, 0.25) is 0 Å². The van der Waals surface area contributed by atoms with Crippen LogP contribution in [0.3, 0.4) is 0 Å². The highest BCUT2D eigenvalue weighted by molar-refractivity contribution is 6.30. The zero-order valence-corrected chi connectivity index (χ0v) is 19.2. The predicted octanol–water partition coefficient (Wildman–Crippen LogP) is 3.13. The van der Waals surface area contributed by atoms with Crippen molar-refractivity contribution in [2.75, 3.05) is 32.8 Å². The normalized spacial score (nSPS) is 18.0. The Balaban J connectivity index is 2.12. The molecule has 1 fully saturated rings. The number of alkyl halides is 3. The molecule has 1 aliphatic rings. The minimum absolute atomic E-state index is 0.0190. The van der Waals surface area contributed by atoms with Crippen LogP contribution < -0.4 is 10.6 Å². The van der Waals surface area contributed by atoms with Crippen LogP contribution in [0.15, 0.2) is 23.3 Å². The van der Waals surface area contributed by atoms with Crippen LogP contribution in [0.1, 0.15) is 26.3 Å². The largest absolute Gasteiger partial charge is 0.573 e. The lowest BCUT2D eigenvalue weighted by Gasteiger charge is -2.41. The number of halogens is 4. The highest BCUT2D eigenvalue weighted by Crippen LogP contribution is 2.27. The Morgan fingerprint density at radius 1 is 1.29 bits per heavy atom. The van der Waals surface area contributed by atoms with Gasteiger partial charge in [0, 0.05) is 32.4 Å². The van der Waals surface area contributed by atoms with Crippen LogP contribution >= 0.6 is 0 Å². The molecule has 1 aromatic rings. The van der Waals surface area contributed by atoms with E-state index in [4.69, 9.17) is 20.7 Å². The van der Waals surface area contributed by atoms with E-state index >= 15 is 0 Å². The Labute approximate surface area is 194 Å². The van der Waals surface area contributed by atoms with Gasteiger partial charge in [0.25, 0.3) is 0 Å². The monoisotopic (exact) mass is 491 g/mol. The molecule has 190 valence electrons. The number of piperazine rings is 1. The van der Waals surface area contributed by atoms with Crippen molar-refractivity contribution in [3.63, 3.8) is 0 Å². The molecule has 0 aliphatic carbocycles. The summed E-state index contributed by atoms with van der Waals surface area (Å²) in [6, 6.07) is 2.90. The maximum Gasteiger partial charge on any atom is 0.573 e. The number of hydrogen-bond acceptors (Lipinski definition) is 8. The standard InChI is InChI=1S/C21H29F4N5O4/c1-20(2,3)34-19(31)30-7-6-29(16(11-30)13-32-12-15(9-26)28-27)10-14-4-5-18(17(22)8-14)33-21(23,24)25/h4-5,8-9,16,26H,6-7,10-13,27H2,1-3H3/b26-9?,28-15+/t16-/m1/s1. The van der Waals surface area contributed by atoms with Gasteiger partial charge in [-0.1, -0.05) is 6.07 Å². The molecule has 1 aromatic carbocycles. The zero-order valence-electron chi connectivity index (χ0n) is 19.2. The van der Waals surface area contributed by atoms with Crippen molar-refractivity contribution < 1.29 is 36.6 Å². The van der Waals surface area contributed by atoms with Gasteiger partial charge >= 0.3 is 12.5 Å². The Morgan fingerprint density at radius 2 is 2.00 bits per heavy atom. The van der Waals surface area contributed by atoms with E-state index in [2.05, 4.69) is 9.84 Å². The second-order valence-electron chi connectivity index (χ2n) is 8.64. The molecule has 1 saturated heterocycles. The van der Waals surface area contributed by atoms with Gasteiger partial charge in [-0.25, -0.2) is 9.18 Å². The number of carbonyl (C=O) groups excluding carboxylic acids is 1. The summed E-state index contributed by atoms with van der Waals surface area (Å²) in [6.07, 6.45) is -4.52. The van der Waals surface area contributed by atoms with E-state index in [0.717, 1.165) is 18.3 Å². The molecule has 34 heavy (non-hydrogen) atoms. The van der Waals surface area contributed by atoms with Gasteiger partial charge in [-0.3, -0.25) is 4.90 Å². The fourth-order valence-corrected chi connectivity index (χ4v) is 3.25. The lowest BCUT2D eigenvalue weighted by Crippen LogP contribution is -2.56. The molecule has 1 aliphatic heterocycles. The van der Waals surface area contributed by atoms with E-state index in [1.54, 1.807) is 20.8 Å². The molecule has 0 bridgehead atoms. The quantitative estimate of drug-likeness (QED) is 0.250.